The number of aliphatic hydroxyl groups is 1. The summed E-state index contributed by atoms with van der Waals surface area (Å²) in [5, 5.41) is 45.5. The van der Waals surface area contributed by atoms with Crippen LogP contribution < -0.4 is 32.3 Å². The fourth-order valence-corrected chi connectivity index (χ4v) is 16.7. The number of amides is 8. The van der Waals surface area contributed by atoms with Gasteiger partial charge in [0.15, 0.2) is 0 Å². The molecular formula is C59H59N15O11S6. The molecule has 472 valence electrons. The van der Waals surface area contributed by atoms with Crippen molar-refractivity contribution >= 4 is 116 Å². The molecule has 9 N–H and O–H groups in total. The molecule has 0 unspecified atom stereocenters. The molecule has 6 atom stereocenters. The summed E-state index contributed by atoms with van der Waals surface area (Å²) in [5.41, 5.74) is 8.00. The number of nitrogens with zero attached hydrogens (tertiary/aromatic N) is 9. The molecule has 1 saturated carbocycles. The van der Waals surface area contributed by atoms with Gasteiger partial charge in [0.1, 0.15) is 88.2 Å². The molecule has 10 bridgehead atoms. The minimum Gasteiger partial charge on any atom is -0.481 e. The van der Waals surface area contributed by atoms with E-state index in [1.54, 1.807) is 65.5 Å². The second kappa shape index (κ2) is 27.2. The average molecular weight is 1350 g/mol. The molecule has 8 amide bonds. The number of likely N-dealkylation sites (tertiary alicyclic amines) is 1. The van der Waals surface area contributed by atoms with E-state index in [4.69, 9.17) is 30.4 Å². The van der Waals surface area contributed by atoms with Crippen molar-refractivity contribution in [2.24, 2.45) is 17.6 Å². The van der Waals surface area contributed by atoms with E-state index in [1.165, 1.54) is 49.7 Å². The minimum absolute atomic E-state index is 0.0291. The lowest BCUT2D eigenvalue weighted by molar-refractivity contribution is -0.142. The maximum atomic E-state index is 14.6. The van der Waals surface area contributed by atoms with Crippen molar-refractivity contribution in [2.45, 2.75) is 95.2 Å². The predicted octanol–water partition coefficient (Wildman–Crippen LogP) is 7.77. The Labute approximate surface area is 543 Å². The number of rotatable bonds is 12. The summed E-state index contributed by atoms with van der Waals surface area (Å²) in [6, 6.07) is 7.69. The van der Waals surface area contributed by atoms with E-state index in [2.05, 4.69) is 46.4 Å². The molecule has 10 heterocycles. The fourth-order valence-electron chi connectivity index (χ4n) is 11.4. The average Bonchev–Trinajstić information content (AvgIpc) is 1.68. The van der Waals surface area contributed by atoms with Crippen molar-refractivity contribution in [3.05, 3.63) is 118 Å². The number of carboxylic acids is 1. The Balaban J connectivity index is 0.904. The summed E-state index contributed by atoms with van der Waals surface area (Å²) < 4.78 is 6.02. The van der Waals surface area contributed by atoms with Gasteiger partial charge in [0.2, 0.25) is 5.91 Å². The van der Waals surface area contributed by atoms with E-state index in [0.717, 1.165) is 59.9 Å². The smallest absolute Gasteiger partial charge is 0.407 e. The lowest BCUT2D eigenvalue weighted by Crippen LogP contribution is -2.43. The Hall–Kier alpha value is -8.37. The van der Waals surface area contributed by atoms with Gasteiger partial charge in [-0.15, -0.1) is 68.0 Å². The fraction of sp³-hybridized carbons (Fsp3) is 0.373. The molecule has 8 aromatic rings. The number of aryl methyl sites for hydroxylation is 1. The number of carbonyl (C=O) groups is 8. The first-order valence-corrected chi connectivity index (χ1v) is 34.4. The number of fused-ring (bicyclic) bond motifs is 16. The van der Waals surface area contributed by atoms with E-state index >= 15 is 0 Å². The molecule has 2 saturated heterocycles. The number of pyridine rings is 1. The lowest BCUT2D eigenvalue weighted by atomic mass is 9.86. The Morgan fingerprint density at radius 2 is 1.41 bits per heavy atom. The highest BCUT2D eigenvalue weighted by molar-refractivity contribution is 7.15. The molecule has 26 nitrogen and oxygen atoms in total. The highest BCUT2D eigenvalue weighted by Gasteiger charge is 2.47. The van der Waals surface area contributed by atoms with Gasteiger partial charge in [-0.25, -0.2) is 44.5 Å². The van der Waals surface area contributed by atoms with Gasteiger partial charge in [0.25, 0.3) is 23.6 Å². The molecule has 0 radical (unpaired) electrons. The molecule has 32 heteroatoms. The molecule has 3 fully saturated rings. The maximum Gasteiger partial charge on any atom is 0.407 e. The number of carbonyl (C=O) groups excluding carboxylic acids is 7. The van der Waals surface area contributed by atoms with Gasteiger partial charge in [-0.2, -0.15) is 0 Å². The van der Waals surface area contributed by atoms with Crippen LogP contribution in [0.1, 0.15) is 144 Å². The molecular weight excluding hydrogens is 1290 g/mol. The second-order valence-corrected chi connectivity index (χ2v) is 27.9. The summed E-state index contributed by atoms with van der Waals surface area (Å²) in [6.07, 6.45) is 0.811. The number of nitrogens with two attached hydrogens (primary N) is 1. The van der Waals surface area contributed by atoms with Crippen LogP contribution in [0.2, 0.25) is 0 Å². The summed E-state index contributed by atoms with van der Waals surface area (Å²) in [6.45, 7) is 6.25. The van der Waals surface area contributed by atoms with E-state index in [9.17, 15) is 48.6 Å². The van der Waals surface area contributed by atoms with Gasteiger partial charge in [-0.1, -0.05) is 37.3 Å². The van der Waals surface area contributed by atoms with Gasteiger partial charge in [-0.05, 0) is 76.2 Å². The molecule has 3 aliphatic heterocycles. The molecule has 4 aliphatic rings. The second-order valence-electron chi connectivity index (χ2n) is 22.3. The van der Waals surface area contributed by atoms with Crippen LogP contribution >= 0.6 is 68.0 Å². The van der Waals surface area contributed by atoms with Crippen LogP contribution in [0.5, 0.6) is 0 Å². The minimum atomic E-state index is -1.42. The number of hydrogen-bond acceptors (Lipinski definition) is 24. The molecule has 1 aromatic carbocycles. The van der Waals surface area contributed by atoms with Crippen molar-refractivity contribution in [1.29, 1.82) is 0 Å². The van der Waals surface area contributed by atoms with E-state index < -0.39 is 96.2 Å². The third kappa shape index (κ3) is 13.9. The molecule has 12 rings (SSSR count). The van der Waals surface area contributed by atoms with Crippen molar-refractivity contribution in [3.63, 3.8) is 0 Å². The van der Waals surface area contributed by atoms with Gasteiger partial charge in [0, 0.05) is 62.4 Å². The Bertz CT molecular complexity index is 4070. The number of ether oxygens (including phenoxy) is 1. The van der Waals surface area contributed by atoms with Crippen molar-refractivity contribution in [1.82, 2.24) is 71.3 Å². The van der Waals surface area contributed by atoms with Crippen LogP contribution in [0, 0.1) is 18.8 Å². The SMILES string of the molecule is Cc1sc2nc1C(=O)N[C@@H]([C@H](O)c1ccccc1)c1nc(cs1)C(=O)NC(=O)N1C[C@H](OC(=O)NCCN3CCCC3)[C@H](C)[C@H]1c1nc(cs1)-c1nc(cs1)-c1nc(-c3nc(C(=O)N[C@H]4CC[C@H](C(=O)O)CC4)cs3)ccc1-c1nc(cs1)C(=O)N[C@H]2CC(N)=O. The van der Waals surface area contributed by atoms with E-state index in [-0.39, 0.29) is 45.4 Å². The Kier molecular flexibility index (Phi) is 18.8. The zero-order valence-electron chi connectivity index (χ0n) is 48.7. The molecule has 7 aromatic heterocycles. The largest absolute Gasteiger partial charge is 0.481 e. The first kappa shape index (κ1) is 62.8. The van der Waals surface area contributed by atoms with Gasteiger partial charge in [-0.3, -0.25) is 34.1 Å². The number of imide groups is 1. The first-order valence-electron chi connectivity index (χ1n) is 29.1. The molecule has 0 spiro atoms. The van der Waals surface area contributed by atoms with Crippen molar-refractivity contribution in [2.75, 3.05) is 32.7 Å². The number of aromatic nitrogens is 7. The quantitative estimate of drug-likeness (QED) is 0.0579. The monoisotopic (exact) mass is 1350 g/mol. The van der Waals surface area contributed by atoms with Crippen molar-refractivity contribution < 1.29 is 53.3 Å². The number of carboxylic acid groups (broad SMARTS) is 1. The molecule has 91 heavy (non-hydrogen) atoms. The van der Waals surface area contributed by atoms with Crippen LogP contribution in [-0.2, 0) is 14.3 Å². The van der Waals surface area contributed by atoms with Crippen molar-refractivity contribution in [3.8, 4) is 43.4 Å². The first-order chi connectivity index (χ1) is 43.9. The normalized spacial score (nSPS) is 21.7. The summed E-state index contributed by atoms with van der Waals surface area (Å²) in [7, 11) is 0. The standard InChI is InChI=1S/C59H59N15O11S6/c1-27-40(85-59(84)61-16-19-73-17-6-7-18-73)21-74-45(27)56-69-39(26-90-56)53-65-35(22-87-53)43-32(14-15-33(63-43)52-67-36(24-88-52)47(77)62-31-12-10-30(11-13-31)57(81)82)51-66-37(23-86-51)48(78)64-34(20-41(60)75)54-71-42(28(2)91-54)50(80)70-44(46(76)29-8-4-3-5-9-29)55-68-38(25-89-55)49(79)72-58(74)83/h3-5,8-9,14-15,22-27,30-31,34,40,44-46,76H,6-7,10-13,16-21H2,1-2H3,(H2,60,75)(H,61,84)(H,62,77)(H,64,78)(H,70,80)(H,81,82)(H,72,79,83)/t27-,30-,31-,34-,40-,44-,45-,46+/m0/s1. The summed E-state index contributed by atoms with van der Waals surface area (Å²) in [5.74, 6) is -5.36. The number of thiazole rings is 6. The third-order valence-corrected chi connectivity index (χ3v) is 21.7. The number of nitrogens with one attached hydrogen (secondary N) is 5. The highest BCUT2D eigenvalue weighted by Crippen LogP contribution is 2.43. The number of aliphatic hydroxyl groups excluding tert-OH is 1. The zero-order valence-corrected chi connectivity index (χ0v) is 53.6. The number of hydrogen-bond donors (Lipinski definition) is 8. The molecule has 1 aliphatic carbocycles. The van der Waals surface area contributed by atoms with Crippen LogP contribution in [0.15, 0.2) is 69.4 Å². The number of primary amides is 1. The Morgan fingerprint density at radius 1 is 0.725 bits per heavy atom. The van der Waals surface area contributed by atoms with E-state index in [1.807, 2.05) is 6.92 Å². The van der Waals surface area contributed by atoms with E-state index in [0.29, 0.717) is 97.6 Å². The highest BCUT2D eigenvalue weighted by atomic mass is 32.1. The lowest BCUT2D eigenvalue weighted by Gasteiger charge is -2.26. The van der Waals surface area contributed by atoms with Crippen LogP contribution in [0.4, 0.5) is 9.59 Å². The van der Waals surface area contributed by atoms with Crippen LogP contribution in [0.25, 0.3) is 43.4 Å². The number of aliphatic carboxylic acids is 1. The number of benzene rings is 1. The number of alkyl carbamates (subject to hydrolysis) is 1. The Morgan fingerprint density at radius 3 is 2.18 bits per heavy atom. The van der Waals surface area contributed by atoms with Crippen LogP contribution in [-0.4, -0.2) is 147 Å². The third-order valence-electron chi connectivity index (χ3n) is 16.2. The summed E-state index contributed by atoms with van der Waals surface area (Å²) >= 11 is 6.84. The predicted molar refractivity (Wildman–Crippen MR) is 340 cm³/mol. The summed E-state index contributed by atoms with van der Waals surface area (Å²) in [4.78, 5) is 147. The van der Waals surface area contributed by atoms with Crippen LogP contribution in [0.3, 0.4) is 0 Å². The topological polar surface area (TPSA) is 369 Å². The number of urea groups is 1. The maximum absolute atomic E-state index is 14.6. The van der Waals surface area contributed by atoms with Gasteiger partial charge in [0.05, 0.1) is 36.7 Å². The zero-order chi connectivity index (χ0) is 63.6. The van der Waals surface area contributed by atoms with Gasteiger partial charge < -0.3 is 51.8 Å². The van der Waals surface area contributed by atoms with Gasteiger partial charge >= 0.3 is 18.1 Å².